The number of aliphatic hydroxyl groups is 2. The van der Waals surface area contributed by atoms with E-state index in [1.54, 1.807) is 0 Å². The molecule has 1 aromatic rings. The van der Waals surface area contributed by atoms with Crippen LogP contribution in [0.15, 0.2) is 24.3 Å². The zero-order chi connectivity index (χ0) is 12.9. The fourth-order valence-corrected chi connectivity index (χ4v) is 1.80. The van der Waals surface area contributed by atoms with Crippen molar-refractivity contribution in [3.05, 3.63) is 34.9 Å². The highest BCUT2D eigenvalue weighted by Crippen LogP contribution is 2.23. The zero-order valence-electron chi connectivity index (χ0n) is 10.3. The lowest BCUT2D eigenvalue weighted by molar-refractivity contribution is 0.0677. The smallest absolute Gasteiger partial charge is 0.0519 e. The van der Waals surface area contributed by atoms with Gasteiger partial charge in [-0.25, -0.2) is 0 Å². The molecule has 96 valence electrons. The number of halogens is 1. The Balaban J connectivity index is 2.62. The number of rotatable bonds is 6. The van der Waals surface area contributed by atoms with E-state index in [9.17, 15) is 10.2 Å². The highest BCUT2D eigenvalue weighted by molar-refractivity contribution is 6.31. The average molecular weight is 258 g/mol. The van der Waals surface area contributed by atoms with Gasteiger partial charge in [-0.1, -0.05) is 36.7 Å². The second kappa shape index (κ2) is 6.36. The SMILES string of the molecule is C[C@H](NCC(C)(CO)CO)c1ccccc1Cl. The van der Waals surface area contributed by atoms with Crippen molar-refractivity contribution in [3.63, 3.8) is 0 Å². The highest BCUT2D eigenvalue weighted by Gasteiger charge is 2.23. The van der Waals surface area contributed by atoms with Crippen molar-refractivity contribution in [2.24, 2.45) is 5.41 Å². The number of hydrogen-bond donors (Lipinski definition) is 3. The molecular formula is C13H20ClNO2. The molecule has 0 fully saturated rings. The van der Waals surface area contributed by atoms with Gasteiger partial charge in [0, 0.05) is 23.0 Å². The summed E-state index contributed by atoms with van der Waals surface area (Å²) in [4.78, 5) is 0. The molecule has 0 spiro atoms. The summed E-state index contributed by atoms with van der Waals surface area (Å²) in [7, 11) is 0. The molecule has 3 nitrogen and oxygen atoms in total. The van der Waals surface area contributed by atoms with Crippen LogP contribution in [0.4, 0.5) is 0 Å². The van der Waals surface area contributed by atoms with Gasteiger partial charge >= 0.3 is 0 Å². The average Bonchev–Trinajstić information content (AvgIpc) is 2.36. The second-order valence-corrected chi connectivity index (χ2v) is 5.16. The summed E-state index contributed by atoms with van der Waals surface area (Å²) in [5, 5.41) is 22.4. The first kappa shape index (κ1) is 14.5. The molecule has 0 saturated carbocycles. The van der Waals surface area contributed by atoms with Gasteiger partial charge in [-0.2, -0.15) is 0 Å². The van der Waals surface area contributed by atoms with Crippen LogP contribution in [-0.2, 0) is 0 Å². The third-order valence-corrected chi connectivity index (χ3v) is 3.31. The molecule has 0 aliphatic heterocycles. The van der Waals surface area contributed by atoms with Crippen molar-refractivity contribution in [3.8, 4) is 0 Å². The lowest BCUT2D eigenvalue weighted by Gasteiger charge is -2.27. The predicted octanol–water partition coefficient (Wildman–Crippen LogP) is 1.98. The minimum Gasteiger partial charge on any atom is -0.396 e. The molecule has 0 aliphatic rings. The molecule has 17 heavy (non-hydrogen) atoms. The maximum absolute atomic E-state index is 9.20. The van der Waals surface area contributed by atoms with E-state index in [1.165, 1.54) is 0 Å². The quantitative estimate of drug-likeness (QED) is 0.731. The van der Waals surface area contributed by atoms with Crippen molar-refractivity contribution in [2.75, 3.05) is 19.8 Å². The maximum Gasteiger partial charge on any atom is 0.0519 e. The van der Waals surface area contributed by atoms with Crippen LogP contribution in [0.25, 0.3) is 0 Å². The van der Waals surface area contributed by atoms with Gasteiger partial charge in [0.25, 0.3) is 0 Å². The molecule has 0 unspecified atom stereocenters. The molecular weight excluding hydrogens is 238 g/mol. The highest BCUT2D eigenvalue weighted by atomic mass is 35.5. The van der Waals surface area contributed by atoms with Gasteiger partial charge in [0.05, 0.1) is 13.2 Å². The van der Waals surface area contributed by atoms with Crippen LogP contribution in [-0.4, -0.2) is 30.0 Å². The van der Waals surface area contributed by atoms with Crippen molar-refractivity contribution in [1.82, 2.24) is 5.32 Å². The Morgan fingerprint density at radius 2 is 1.88 bits per heavy atom. The van der Waals surface area contributed by atoms with Crippen LogP contribution in [0.3, 0.4) is 0 Å². The van der Waals surface area contributed by atoms with Crippen LogP contribution >= 0.6 is 11.6 Å². The van der Waals surface area contributed by atoms with Gasteiger partial charge < -0.3 is 15.5 Å². The Morgan fingerprint density at radius 3 is 2.41 bits per heavy atom. The van der Waals surface area contributed by atoms with Crippen molar-refractivity contribution in [1.29, 1.82) is 0 Å². The predicted molar refractivity (Wildman–Crippen MR) is 70.1 cm³/mol. The molecule has 1 atom stereocenters. The van der Waals surface area contributed by atoms with Gasteiger partial charge in [0.1, 0.15) is 0 Å². The monoisotopic (exact) mass is 257 g/mol. The Morgan fingerprint density at radius 1 is 1.29 bits per heavy atom. The van der Waals surface area contributed by atoms with Gasteiger partial charge in [0.15, 0.2) is 0 Å². The Labute approximate surface area is 107 Å². The molecule has 0 aromatic heterocycles. The van der Waals surface area contributed by atoms with Crippen LogP contribution in [0.2, 0.25) is 5.02 Å². The van der Waals surface area contributed by atoms with Crippen LogP contribution in [0.1, 0.15) is 25.5 Å². The summed E-state index contributed by atoms with van der Waals surface area (Å²) >= 11 is 6.10. The number of hydrogen-bond acceptors (Lipinski definition) is 3. The molecule has 1 rings (SSSR count). The number of benzene rings is 1. The van der Waals surface area contributed by atoms with Gasteiger partial charge in [-0.05, 0) is 18.6 Å². The van der Waals surface area contributed by atoms with E-state index in [4.69, 9.17) is 11.6 Å². The molecule has 0 amide bonds. The first-order chi connectivity index (χ1) is 8.02. The lowest BCUT2D eigenvalue weighted by Crippen LogP contribution is -2.38. The van der Waals surface area contributed by atoms with E-state index in [0.717, 1.165) is 10.6 Å². The minimum atomic E-state index is -0.504. The van der Waals surface area contributed by atoms with Crippen molar-refractivity contribution in [2.45, 2.75) is 19.9 Å². The summed E-state index contributed by atoms with van der Waals surface area (Å²) in [6.07, 6.45) is 0. The van der Waals surface area contributed by atoms with Gasteiger partial charge in [-0.3, -0.25) is 0 Å². The number of aliphatic hydroxyl groups excluding tert-OH is 2. The molecule has 3 N–H and O–H groups in total. The fourth-order valence-electron chi connectivity index (χ4n) is 1.50. The van der Waals surface area contributed by atoms with Crippen LogP contribution in [0.5, 0.6) is 0 Å². The van der Waals surface area contributed by atoms with Gasteiger partial charge in [-0.15, -0.1) is 0 Å². The van der Waals surface area contributed by atoms with Crippen LogP contribution < -0.4 is 5.32 Å². The summed E-state index contributed by atoms with van der Waals surface area (Å²) in [5.41, 5.74) is 0.516. The Bertz CT molecular complexity index is 353. The third-order valence-electron chi connectivity index (χ3n) is 2.97. The summed E-state index contributed by atoms with van der Waals surface area (Å²) in [6, 6.07) is 7.74. The van der Waals surface area contributed by atoms with E-state index in [0.29, 0.717) is 6.54 Å². The third kappa shape index (κ3) is 3.96. The normalized spacial score (nSPS) is 13.7. The summed E-state index contributed by atoms with van der Waals surface area (Å²) < 4.78 is 0. The van der Waals surface area contributed by atoms with E-state index < -0.39 is 5.41 Å². The van der Waals surface area contributed by atoms with Crippen molar-refractivity contribution >= 4 is 11.6 Å². The van der Waals surface area contributed by atoms with E-state index in [2.05, 4.69) is 5.32 Å². The zero-order valence-corrected chi connectivity index (χ0v) is 11.0. The number of nitrogens with one attached hydrogen (secondary N) is 1. The fraction of sp³-hybridized carbons (Fsp3) is 0.538. The first-order valence-electron chi connectivity index (χ1n) is 5.72. The topological polar surface area (TPSA) is 52.5 Å². The molecule has 4 heteroatoms. The maximum atomic E-state index is 9.20. The lowest BCUT2D eigenvalue weighted by atomic mass is 9.92. The van der Waals surface area contributed by atoms with E-state index >= 15 is 0 Å². The van der Waals surface area contributed by atoms with E-state index in [-0.39, 0.29) is 19.3 Å². The Hall–Kier alpha value is -0.610. The molecule has 0 aliphatic carbocycles. The molecule has 1 aromatic carbocycles. The summed E-state index contributed by atoms with van der Waals surface area (Å²) in [6.45, 7) is 4.28. The molecule has 0 bridgehead atoms. The van der Waals surface area contributed by atoms with E-state index in [1.807, 2.05) is 38.1 Å². The minimum absolute atomic E-state index is 0.0499. The van der Waals surface area contributed by atoms with Crippen molar-refractivity contribution < 1.29 is 10.2 Å². The summed E-state index contributed by atoms with van der Waals surface area (Å²) in [5.74, 6) is 0. The van der Waals surface area contributed by atoms with Gasteiger partial charge in [0.2, 0.25) is 0 Å². The van der Waals surface area contributed by atoms with Crippen LogP contribution in [0, 0.1) is 5.41 Å². The first-order valence-corrected chi connectivity index (χ1v) is 6.10. The molecule has 0 saturated heterocycles. The largest absolute Gasteiger partial charge is 0.396 e. The second-order valence-electron chi connectivity index (χ2n) is 4.75. The molecule has 0 radical (unpaired) electrons. The Kier molecular flexibility index (Phi) is 5.40. The molecule has 0 heterocycles. The standard InChI is InChI=1S/C13H20ClNO2/c1-10(11-5-3-4-6-12(11)14)15-7-13(2,8-16)9-17/h3-6,10,15-17H,7-9H2,1-2H3/t10-/m0/s1.